The van der Waals surface area contributed by atoms with Crippen LogP contribution in [0.25, 0.3) is 0 Å². The molecule has 0 unspecified atom stereocenters. The third kappa shape index (κ3) is 7.15. The van der Waals surface area contributed by atoms with Gasteiger partial charge in [-0.05, 0) is 40.0 Å². The minimum atomic E-state index is -1.18. The van der Waals surface area contributed by atoms with Crippen molar-refractivity contribution in [3.05, 3.63) is 0 Å². The zero-order chi connectivity index (χ0) is 25.6. The van der Waals surface area contributed by atoms with E-state index in [0.717, 1.165) is 12.1 Å². The first-order valence-corrected chi connectivity index (χ1v) is 12.1. The first-order valence-electron chi connectivity index (χ1n) is 11.0. The molecule has 0 aliphatic carbocycles. The lowest BCUT2D eigenvalue weighted by Crippen LogP contribution is -2.64. The normalized spacial score (nSPS) is 21.7. The van der Waals surface area contributed by atoms with Crippen LogP contribution in [0.15, 0.2) is 0 Å². The van der Waals surface area contributed by atoms with Crippen molar-refractivity contribution in [1.29, 1.82) is 0 Å². The highest BCUT2D eigenvalue weighted by Crippen LogP contribution is 2.25. The summed E-state index contributed by atoms with van der Waals surface area (Å²) in [7, 11) is 1.15. The number of nitrogens with zero attached hydrogens (tertiary/aromatic N) is 2. The quantitative estimate of drug-likeness (QED) is 0.344. The topological polar surface area (TPSA) is 151 Å². The summed E-state index contributed by atoms with van der Waals surface area (Å²) in [6.45, 7) is 5.29. The molecule has 2 saturated heterocycles. The van der Waals surface area contributed by atoms with Crippen molar-refractivity contribution in [1.82, 2.24) is 20.7 Å². The van der Waals surface area contributed by atoms with Crippen LogP contribution in [-0.4, -0.2) is 88.3 Å². The van der Waals surface area contributed by atoms with E-state index >= 15 is 0 Å². The van der Waals surface area contributed by atoms with E-state index in [1.807, 2.05) is 0 Å². The van der Waals surface area contributed by atoms with Gasteiger partial charge in [-0.2, -0.15) is 0 Å². The van der Waals surface area contributed by atoms with Crippen LogP contribution in [0.1, 0.15) is 52.9 Å². The maximum Gasteiger partial charge on any atom is 0.407 e. The number of esters is 1. The van der Waals surface area contributed by atoms with Gasteiger partial charge in [-0.3, -0.25) is 29.0 Å². The number of fused-ring (bicyclic) bond motifs is 1. The van der Waals surface area contributed by atoms with Gasteiger partial charge in [0.25, 0.3) is 5.91 Å². The van der Waals surface area contributed by atoms with Crippen LogP contribution in [-0.2, 0) is 33.4 Å². The molecule has 2 N–H and O–H groups in total. The Balaban J connectivity index is 2.24. The van der Waals surface area contributed by atoms with E-state index in [0.29, 0.717) is 6.42 Å². The molecule has 2 heterocycles. The molecular formula is C21H31BrN4O8. The molecule has 13 heteroatoms. The van der Waals surface area contributed by atoms with Gasteiger partial charge in [0.15, 0.2) is 5.78 Å². The van der Waals surface area contributed by atoms with Gasteiger partial charge >= 0.3 is 12.1 Å². The fraction of sp³-hybridized carbons (Fsp3) is 0.714. The Kier molecular flexibility index (Phi) is 9.42. The van der Waals surface area contributed by atoms with Crippen LogP contribution in [0.2, 0.25) is 0 Å². The Hall–Kier alpha value is -2.70. The predicted octanol–water partition coefficient (Wildman–Crippen LogP) is 0.420. The summed E-state index contributed by atoms with van der Waals surface area (Å²) in [4.78, 5) is 75.5. The van der Waals surface area contributed by atoms with Gasteiger partial charge in [0.05, 0.1) is 24.9 Å². The number of carbonyl (C=O) groups is 6. The lowest BCUT2D eigenvalue weighted by molar-refractivity contribution is -0.176. The molecule has 0 bridgehead atoms. The molecule has 12 nitrogen and oxygen atoms in total. The minimum absolute atomic E-state index is 0.00538. The van der Waals surface area contributed by atoms with Crippen molar-refractivity contribution in [2.45, 2.75) is 76.6 Å². The van der Waals surface area contributed by atoms with Crippen molar-refractivity contribution < 1.29 is 38.2 Å². The van der Waals surface area contributed by atoms with E-state index in [4.69, 9.17) is 4.74 Å². The number of rotatable bonds is 7. The van der Waals surface area contributed by atoms with E-state index in [1.54, 1.807) is 20.8 Å². The third-order valence-corrected chi connectivity index (χ3v) is 5.82. The molecule has 2 aliphatic rings. The van der Waals surface area contributed by atoms with E-state index in [-0.39, 0.29) is 43.5 Å². The number of methoxy groups -OCH3 is 1. The molecule has 2 fully saturated rings. The lowest BCUT2D eigenvalue weighted by Gasteiger charge is -2.43. The molecule has 4 amide bonds. The van der Waals surface area contributed by atoms with E-state index < -0.39 is 53.4 Å². The smallest absolute Gasteiger partial charge is 0.407 e. The Bertz CT molecular complexity index is 843. The number of hydrogen-bond acceptors (Lipinski definition) is 8. The number of halogens is 1. The molecule has 190 valence electrons. The number of amides is 4. The monoisotopic (exact) mass is 546 g/mol. The van der Waals surface area contributed by atoms with Gasteiger partial charge in [0.1, 0.15) is 17.7 Å². The zero-order valence-corrected chi connectivity index (χ0v) is 21.3. The summed E-state index contributed by atoms with van der Waals surface area (Å²) in [5.41, 5.74) is -0.770. The van der Waals surface area contributed by atoms with Crippen LogP contribution in [0.4, 0.5) is 4.79 Å². The van der Waals surface area contributed by atoms with Crippen molar-refractivity contribution in [3.63, 3.8) is 0 Å². The highest BCUT2D eigenvalue weighted by atomic mass is 79.9. The van der Waals surface area contributed by atoms with Crippen LogP contribution in [0.3, 0.4) is 0 Å². The fourth-order valence-electron chi connectivity index (χ4n) is 3.76. The lowest BCUT2D eigenvalue weighted by atomic mass is 10.0. The summed E-state index contributed by atoms with van der Waals surface area (Å²) in [6.07, 6.45) is -0.493. The van der Waals surface area contributed by atoms with Gasteiger partial charge in [0.2, 0.25) is 11.8 Å². The van der Waals surface area contributed by atoms with Crippen LogP contribution in [0.5, 0.6) is 0 Å². The molecule has 3 atom stereocenters. The van der Waals surface area contributed by atoms with Crippen molar-refractivity contribution in [2.75, 3.05) is 19.0 Å². The average molecular weight is 547 g/mol. The number of ketones is 1. The van der Waals surface area contributed by atoms with Crippen LogP contribution in [0, 0.1) is 0 Å². The first-order chi connectivity index (χ1) is 15.9. The predicted molar refractivity (Wildman–Crippen MR) is 121 cm³/mol. The first kappa shape index (κ1) is 27.5. The average Bonchev–Trinajstić information content (AvgIpc) is 2.88. The number of alkyl carbamates (subject to hydrolysis) is 1. The minimum Gasteiger partial charge on any atom is -0.460 e. The molecule has 34 heavy (non-hydrogen) atoms. The fourth-order valence-corrected chi connectivity index (χ4v) is 4.15. The van der Waals surface area contributed by atoms with Gasteiger partial charge in [-0.1, -0.05) is 15.9 Å². The third-order valence-electron chi connectivity index (χ3n) is 5.27. The molecular weight excluding hydrogens is 516 g/mol. The summed E-state index contributed by atoms with van der Waals surface area (Å²) in [5, 5.41) is 7.11. The molecule has 0 saturated carbocycles. The highest BCUT2D eigenvalue weighted by Gasteiger charge is 2.45. The summed E-state index contributed by atoms with van der Waals surface area (Å²) < 4.78 is 9.82. The summed E-state index contributed by atoms with van der Waals surface area (Å²) >= 11 is 3.05. The Labute approximate surface area is 206 Å². The molecule has 0 aromatic rings. The van der Waals surface area contributed by atoms with E-state index in [9.17, 15) is 28.8 Å². The van der Waals surface area contributed by atoms with Crippen molar-refractivity contribution >= 4 is 51.5 Å². The number of Topliss-reactive ketones (excluding diaryl/α,β-unsaturated/α-hetero) is 1. The Morgan fingerprint density at radius 1 is 1.18 bits per heavy atom. The molecule has 0 aromatic carbocycles. The van der Waals surface area contributed by atoms with E-state index in [1.165, 1.54) is 5.01 Å². The maximum absolute atomic E-state index is 13.2. The molecule has 0 aromatic heterocycles. The van der Waals surface area contributed by atoms with Crippen LogP contribution < -0.4 is 10.6 Å². The van der Waals surface area contributed by atoms with Gasteiger partial charge in [-0.15, -0.1) is 0 Å². The largest absolute Gasteiger partial charge is 0.460 e. The van der Waals surface area contributed by atoms with Gasteiger partial charge < -0.3 is 20.1 Å². The Morgan fingerprint density at radius 3 is 2.44 bits per heavy atom. The highest BCUT2D eigenvalue weighted by molar-refractivity contribution is 9.09. The second-order valence-corrected chi connectivity index (χ2v) is 9.60. The number of alkyl halides is 1. The zero-order valence-electron chi connectivity index (χ0n) is 19.7. The SMILES string of the molecule is COC(=O)N[C@H]1CCC(=O)N2CCC[C@@H](C(=O)N[C@@H](CC(=O)OC(C)(C)C)C(=O)CBr)N2C1=O. The van der Waals surface area contributed by atoms with Gasteiger partial charge in [0, 0.05) is 13.0 Å². The van der Waals surface area contributed by atoms with Crippen molar-refractivity contribution in [2.24, 2.45) is 0 Å². The summed E-state index contributed by atoms with van der Waals surface area (Å²) in [6, 6.07) is -3.34. The van der Waals surface area contributed by atoms with Crippen LogP contribution >= 0.6 is 15.9 Å². The second-order valence-electron chi connectivity index (χ2n) is 9.04. The number of hydrogen-bond donors (Lipinski definition) is 2. The second kappa shape index (κ2) is 11.6. The molecule has 0 spiro atoms. The van der Waals surface area contributed by atoms with Gasteiger partial charge in [-0.25, -0.2) is 9.80 Å². The Morgan fingerprint density at radius 2 is 1.85 bits per heavy atom. The molecule has 2 rings (SSSR count). The van der Waals surface area contributed by atoms with Crippen molar-refractivity contribution in [3.8, 4) is 0 Å². The number of hydrazine groups is 1. The molecule has 2 aliphatic heterocycles. The number of carbonyl (C=O) groups excluding carboxylic acids is 6. The number of ether oxygens (including phenoxy) is 2. The summed E-state index contributed by atoms with van der Waals surface area (Å²) in [5.74, 6) is -2.79. The number of nitrogens with one attached hydrogen (secondary N) is 2. The standard InChI is InChI=1S/C21H31BrN4O8/c1-21(2,3)34-17(29)10-13(15(27)11-22)23-18(30)14-6-5-9-25-16(28)8-7-12(19(31)26(14)25)24-20(32)33-4/h12-14H,5-11H2,1-4H3,(H,23,30)(H,24,32)/t12-,13-,14-/m0/s1. The maximum atomic E-state index is 13.2. The van der Waals surface area contributed by atoms with E-state index in [2.05, 4.69) is 31.3 Å². The molecule has 0 radical (unpaired) electrons.